The molecule has 4 rings (SSSR count). The fourth-order valence-electron chi connectivity index (χ4n) is 2.76. The van der Waals surface area contributed by atoms with Crippen molar-refractivity contribution in [2.24, 2.45) is 0 Å². The minimum Gasteiger partial charge on any atom is -0.467 e. The molecule has 0 unspecified atom stereocenters. The Morgan fingerprint density at radius 1 is 1.20 bits per heavy atom. The molecule has 0 aliphatic heterocycles. The summed E-state index contributed by atoms with van der Waals surface area (Å²) in [6.45, 7) is -0.188. The van der Waals surface area contributed by atoms with E-state index in [0.717, 1.165) is 10.4 Å². The molecule has 0 bridgehead atoms. The predicted octanol–water partition coefficient (Wildman–Crippen LogP) is 3.40. The number of thiophene rings is 1. The molecule has 8 nitrogen and oxygen atoms in total. The lowest BCUT2D eigenvalue weighted by atomic mass is 10.2. The zero-order valence-electron chi connectivity index (χ0n) is 15.4. The third-order valence-corrected chi connectivity index (χ3v) is 5.62. The van der Waals surface area contributed by atoms with E-state index in [1.54, 1.807) is 24.3 Å². The van der Waals surface area contributed by atoms with Gasteiger partial charge in [0.2, 0.25) is 5.91 Å². The summed E-state index contributed by atoms with van der Waals surface area (Å²) in [5.74, 6) is -0.0812. The molecule has 4 aromatic rings. The van der Waals surface area contributed by atoms with Crippen LogP contribution in [0.5, 0.6) is 0 Å². The molecule has 10 heteroatoms. The number of rotatable bonds is 5. The molecule has 1 aromatic carbocycles. The Balaban J connectivity index is 1.45. The van der Waals surface area contributed by atoms with Crippen LogP contribution in [0.2, 0.25) is 5.02 Å². The Bertz CT molecular complexity index is 1260. The minimum absolute atomic E-state index is 0.141. The van der Waals surface area contributed by atoms with Crippen molar-refractivity contribution in [3.05, 3.63) is 76.2 Å². The van der Waals surface area contributed by atoms with Gasteiger partial charge < -0.3 is 9.73 Å². The number of halogens is 1. The van der Waals surface area contributed by atoms with E-state index in [9.17, 15) is 14.4 Å². The van der Waals surface area contributed by atoms with Crippen molar-refractivity contribution in [1.29, 1.82) is 0 Å². The van der Waals surface area contributed by atoms with Crippen molar-refractivity contribution in [3.8, 4) is 10.4 Å². The number of amides is 3. The van der Waals surface area contributed by atoms with E-state index >= 15 is 0 Å². The second kappa shape index (κ2) is 8.52. The Morgan fingerprint density at radius 2 is 2.00 bits per heavy atom. The van der Waals surface area contributed by atoms with Gasteiger partial charge in [-0.2, -0.15) is 0 Å². The van der Waals surface area contributed by atoms with Gasteiger partial charge in [-0.25, -0.2) is 9.78 Å². The number of hydrogen-bond donors (Lipinski definition) is 2. The number of hydrogen-bond acceptors (Lipinski definition) is 6. The molecule has 3 heterocycles. The topological polar surface area (TPSA) is 106 Å². The minimum atomic E-state index is -0.681. The van der Waals surface area contributed by atoms with Crippen LogP contribution in [-0.4, -0.2) is 21.5 Å². The Kier molecular flexibility index (Phi) is 5.64. The molecule has 0 spiro atoms. The molecule has 0 saturated heterocycles. The average molecular weight is 443 g/mol. The van der Waals surface area contributed by atoms with E-state index in [2.05, 4.69) is 15.6 Å². The zero-order valence-corrected chi connectivity index (χ0v) is 17.0. The predicted molar refractivity (Wildman–Crippen MR) is 113 cm³/mol. The first-order valence-corrected chi connectivity index (χ1v) is 10.0. The quantitative estimate of drug-likeness (QED) is 0.492. The van der Waals surface area contributed by atoms with Crippen LogP contribution in [0, 0.1) is 0 Å². The van der Waals surface area contributed by atoms with E-state index in [-0.39, 0.29) is 18.6 Å². The second-order valence-electron chi connectivity index (χ2n) is 6.32. The van der Waals surface area contributed by atoms with Crippen LogP contribution < -0.4 is 16.2 Å². The Morgan fingerprint density at radius 3 is 2.73 bits per heavy atom. The monoisotopic (exact) mass is 442 g/mol. The first-order valence-electron chi connectivity index (χ1n) is 8.84. The van der Waals surface area contributed by atoms with Crippen LogP contribution in [0.3, 0.4) is 0 Å². The van der Waals surface area contributed by atoms with Crippen LogP contribution in [0.25, 0.3) is 20.7 Å². The molecule has 3 aromatic heterocycles. The number of nitrogens with zero attached hydrogens (tertiary/aromatic N) is 2. The SMILES string of the molecule is O=C(Cn1cnc2cc(-c3ccc(Cl)cc3)sc2c1=O)NC(=O)NCc1ccco1. The van der Waals surface area contributed by atoms with Gasteiger partial charge in [-0.05, 0) is 35.9 Å². The number of furan rings is 1. The maximum Gasteiger partial charge on any atom is 0.321 e. The third-order valence-electron chi connectivity index (χ3n) is 4.20. The maximum absolute atomic E-state index is 12.7. The summed E-state index contributed by atoms with van der Waals surface area (Å²) in [5.41, 5.74) is 1.11. The van der Waals surface area contributed by atoms with Crippen LogP contribution >= 0.6 is 22.9 Å². The molecular weight excluding hydrogens is 428 g/mol. The van der Waals surface area contributed by atoms with E-state index in [0.29, 0.717) is 21.0 Å². The summed E-state index contributed by atoms with van der Waals surface area (Å²) in [4.78, 5) is 41.8. The molecule has 2 N–H and O–H groups in total. The third kappa shape index (κ3) is 4.42. The summed E-state index contributed by atoms with van der Waals surface area (Å²) in [5, 5.41) is 5.30. The molecule has 30 heavy (non-hydrogen) atoms. The van der Waals surface area contributed by atoms with Gasteiger partial charge in [0, 0.05) is 9.90 Å². The Labute approximate surface area is 179 Å². The highest BCUT2D eigenvalue weighted by Gasteiger charge is 2.14. The zero-order chi connectivity index (χ0) is 21.1. The fourth-order valence-corrected chi connectivity index (χ4v) is 3.95. The lowest BCUT2D eigenvalue weighted by Crippen LogP contribution is -2.41. The summed E-state index contributed by atoms with van der Waals surface area (Å²) >= 11 is 7.20. The second-order valence-corrected chi connectivity index (χ2v) is 7.81. The van der Waals surface area contributed by atoms with Gasteiger partial charge in [-0.3, -0.25) is 19.5 Å². The van der Waals surface area contributed by atoms with Crippen LogP contribution in [0.1, 0.15) is 5.76 Å². The van der Waals surface area contributed by atoms with Crippen molar-refractivity contribution in [2.75, 3.05) is 0 Å². The first-order chi connectivity index (χ1) is 14.5. The van der Waals surface area contributed by atoms with Crippen molar-refractivity contribution in [2.45, 2.75) is 13.1 Å². The normalized spacial score (nSPS) is 10.8. The molecule has 0 aliphatic carbocycles. The summed E-state index contributed by atoms with van der Waals surface area (Å²) in [7, 11) is 0. The van der Waals surface area contributed by atoms with E-state index in [4.69, 9.17) is 16.0 Å². The van der Waals surface area contributed by atoms with Crippen molar-refractivity contribution >= 4 is 45.1 Å². The fraction of sp³-hybridized carbons (Fsp3) is 0.100. The van der Waals surface area contributed by atoms with Gasteiger partial charge in [0.05, 0.1) is 24.7 Å². The smallest absolute Gasteiger partial charge is 0.321 e. The molecule has 0 radical (unpaired) electrons. The van der Waals surface area contributed by atoms with Crippen LogP contribution in [-0.2, 0) is 17.9 Å². The van der Waals surface area contributed by atoms with Gasteiger partial charge in [-0.1, -0.05) is 23.7 Å². The van der Waals surface area contributed by atoms with E-state index < -0.39 is 11.9 Å². The van der Waals surface area contributed by atoms with Crippen molar-refractivity contribution < 1.29 is 14.0 Å². The molecule has 0 aliphatic rings. The van der Waals surface area contributed by atoms with Crippen molar-refractivity contribution in [3.63, 3.8) is 0 Å². The highest BCUT2D eigenvalue weighted by atomic mass is 35.5. The number of benzene rings is 1. The van der Waals surface area contributed by atoms with Crippen LogP contribution in [0.15, 0.2) is 64.3 Å². The number of fused-ring (bicyclic) bond motifs is 1. The standard InChI is InChI=1S/C20H15ClN4O4S/c21-13-5-3-12(4-6-13)16-8-15-18(30-16)19(27)25(11-23-15)10-17(26)24-20(28)22-9-14-2-1-7-29-14/h1-8,11H,9-10H2,(H2,22,24,26,28). The average Bonchev–Trinajstić information content (AvgIpc) is 3.39. The number of carbonyl (C=O) groups is 2. The summed E-state index contributed by atoms with van der Waals surface area (Å²) in [6.07, 6.45) is 2.78. The molecule has 3 amide bonds. The van der Waals surface area contributed by atoms with Crippen molar-refractivity contribution in [1.82, 2.24) is 20.2 Å². The van der Waals surface area contributed by atoms with Gasteiger partial charge in [0.25, 0.3) is 5.56 Å². The molecule has 0 atom stereocenters. The highest BCUT2D eigenvalue weighted by Crippen LogP contribution is 2.31. The number of aromatic nitrogens is 2. The molecule has 0 fully saturated rings. The van der Waals surface area contributed by atoms with Crippen LogP contribution in [0.4, 0.5) is 4.79 Å². The largest absolute Gasteiger partial charge is 0.467 e. The van der Waals surface area contributed by atoms with Gasteiger partial charge >= 0.3 is 6.03 Å². The lowest BCUT2D eigenvalue weighted by Gasteiger charge is -2.07. The number of nitrogens with one attached hydrogen (secondary N) is 2. The molecular formula is C20H15ClN4O4S. The van der Waals surface area contributed by atoms with Gasteiger partial charge in [0.15, 0.2) is 0 Å². The Hall–Kier alpha value is -3.43. The summed E-state index contributed by atoms with van der Waals surface area (Å²) in [6, 6.07) is 11.8. The number of imide groups is 1. The van der Waals surface area contributed by atoms with E-state index in [1.165, 1.54) is 28.5 Å². The number of carbonyl (C=O) groups excluding carboxylic acids is 2. The number of urea groups is 1. The highest BCUT2D eigenvalue weighted by molar-refractivity contribution is 7.22. The van der Waals surface area contributed by atoms with E-state index in [1.807, 2.05) is 18.2 Å². The van der Waals surface area contributed by atoms with Gasteiger partial charge in [0.1, 0.15) is 17.0 Å². The lowest BCUT2D eigenvalue weighted by molar-refractivity contribution is -0.120. The first kappa shape index (κ1) is 19.9. The summed E-state index contributed by atoms with van der Waals surface area (Å²) < 4.78 is 6.69. The molecule has 152 valence electrons. The molecule has 0 saturated carbocycles. The maximum atomic E-state index is 12.7. The van der Waals surface area contributed by atoms with Gasteiger partial charge in [-0.15, -0.1) is 11.3 Å².